The van der Waals surface area contributed by atoms with Crippen LogP contribution in [0.1, 0.15) is 24.4 Å². The summed E-state index contributed by atoms with van der Waals surface area (Å²) in [4.78, 5) is 18.8. The van der Waals surface area contributed by atoms with Gasteiger partial charge in [-0.2, -0.15) is 5.26 Å². The number of benzene rings is 2. The number of aromatic amines is 1. The summed E-state index contributed by atoms with van der Waals surface area (Å²) in [6, 6.07) is 18.0. The van der Waals surface area contributed by atoms with Crippen molar-refractivity contribution in [1.82, 2.24) is 9.97 Å². The van der Waals surface area contributed by atoms with Crippen molar-refractivity contribution in [3.63, 3.8) is 0 Å². The van der Waals surface area contributed by atoms with Gasteiger partial charge in [0.25, 0.3) is 0 Å². The molecule has 6 nitrogen and oxygen atoms in total. The Morgan fingerprint density at radius 2 is 1.88 bits per heavy atom. The molecule has 6 heteroatoms. The van der Waals surface area contributed by atoms with E-state index in [1.54, 1.807) is 36.4 Å². The lowest BCUT2D eigenvalue weighted by atomic mass is 10.0. The largest absolute Gasteiger partial charge is 0.507 e. The number of carbonyl (C=O) groups is 1. The van der Waals surface area contributed by atoms with Gasteiger partial charge in [0.1, 0.15) is 11.6 Å². The smallest absolute Gasteiger partial charge is 0.303 e. The fourth-order valence-corrected chi connectivity index (χ4v) is 2.51. The first-order valence-electron chi connectivity index (χ1n) is 7.60. The summed E-state index contributed by atoms with van der Waals surface area (Å²) >= 11 is 0. The summed E-state index contributed by atoms with van der Waals surface area (Å²) in [6.07, 6.45) is -1.08. The molecule has 0 saturated heterocycles. The summed E-state index contributed by atoms with van der Waals surface area (Å²) in [6.45, 7) is 1.25. The summed E-state index contributed by atoms with van der Waals surface area (Å²) in [5.74, 6) is -0.723. The average Bonchev–Trinajstić information content (AvgIpc) is 3.04. The molecule has 0 fully saturated rings. The number of aromatic nitrogens is 2. The van der Waals surface area contributed by atoms with Crippen LogP contribution in [0.15, 0.2) is 60.4 Å². The van der Waals surface area contributed by atoms with Gasteiger partial charge >= 0.3 is 5.97 Å². The van der Waals surface area contributed by atoms with Crippen LogP contribution in [0.3, 0.4) is 0 Å². The first-order valence-corrected chi connectivity index (χ1v) is 7.60. The number of carbonyl (C=O) groups excluding carboxylic acids is 1. The minimum atomic E-state index is -1.08. The zero-order valence-electron chi connectivity index (χ0n) is 13.4. The number of nitriles is 1. The van der Waals surface area contributed by atoms with Crippen LogP contribution in [0.25, 0.3) is 16.6 Å². The lowest BCUT2D eigenvalue weighted by Crippen LogP contribution is -2.12. The molecule has 2 aromatic carbocycles. The van der Waals surface area contributed by atoms with E-state index in [2.05, 4.69) is 9.97 Å². The number of esters is 1. The zero-order valence-corrected chi connectivity index (χ0v) is 13.4. The number of hydrogen-bond acceptors (Lipinski definition) is 5. The number of allylic oxidation sites excluding steroid dienone is 1. The van der Waals surface area contributed by atoms with E-state index in [4.69, 9.17) is 4.74 Å². The van der Waals surface area contributed by atoms with Crippen molar-refractivity contribution in [3.8, 4) is 6.07 Å². The van der Waals surface area contributed by atoms with Crippen molar-refractivity contribution in [2.75, 3.05) is 0 Å². The predicted octanol–water partition coefficient (Wildman–Crippen LogP) is 3.66. The van der Waals surface area contributed by atoms with Crippen LogP contribution in [0.2, 0.25) is 0 Å². The highest BCUT2D eigenvalue weighted by Crippen LogP contribution is 2.30. The van der Waals surface area contributed by atoms with E-state index in [1.165, 1.54) is 6.92 Å². The first kappa shape index (κ1) is 16.3. The Morgan fingerprint density at radius 3 is 2.52 bits per heavy atom. The number of fused-ring (bicyclic) bond motifs is 1. The molecule has 0 bridgehead atoms. The number of rotatable bonds is 4. The molecule has 2 N–H and O–H groups in total. The number of aliphatic hydroxyl groups excluding tert-OH is 1. The Hall–Kier alpha value is -3.59. The standard InChI is InChI=1S/C19H15N3O3/c1-12(23)25-18(13-7-3-2-4-8-13)17(24)14(11-20)19-21-15-9-5-6-10-16(15)22-19/h2-10,18,24H,1H3,(H,21,22). The van der Waals surface area contributed by atoms with Gasteiger partial charge in [-0.05, 0) is 12.1 Å². The normalized spacial score (nSPS) is 13.0. The third kappa shape index (κ3) is 3.35. The molecule has 3 aromatic rings. The van der Waals surface area contributed by atoms with Gasteiger partial charge in [-0.3, -0.25) is 4.79 Å². The summed E-state index contributed by atoms with van der Waals surface area (Å²) in [5, 5.41) is 20.2. The molecule has 1 aromatic heterocycles. The van der Waals surface area contributed by atoms with Crippen molar-refractivity contribution < 1.29 is 14.6 Å². The Labute approximate surface area is 144 Å². The van der Waals surface area contributed by atoms with E-state index in [1.807, 2.05) is 24.3 Å². The average molecular weight is 333 g/mol. The third-order valence-electron chi connectivity index (χ3n) is 3.63. The predicted molar refractivity (Wildman–Crippen MR) is 92.2 cm³/mol. The van der Waals surface area contributed by atoms with Gasteiger partial charge in [0, 0.05) is 12.5 Å². The molecule has 0 radical (unpaired) electrons. The highest BCUT2D eigenvalue weighted by atomic mass is 16.6. The van der Waals surface area contributed by atoms with E-state index in [9.17, 15) is 15.2 Å². The molecular weight excluding hydrogens is 318 g/mol. The lowest BCUT2D eigenvalue weighted by molar-refractivity contribution is -0.146. The van der Waals surface area contributed by atoms with Crippen molar-refractivity contribution in [2.45, 2.75) is 13.0 Å². The maximum Gasteiger partial charge on any atom is 0.303 e. The van der Waals surface area contributed by atoms with Crippen LogP contribution in [0, 0.1) is 11.3 Å². The van der Waals surface area contributed by atoms with Crippen LogP contribution in [0.4, 0.5) is 0 Å². The lowest BCUT2D eigenvalue weighted by Gasteiger charge is -2.17. The molecule has 1 heterocycles. The van der Waals surface area contributed by atoms with Gasteiger partial charge in [0.2, 0.25) is 0 Å². The van der Waals surface area contributed by atoms with Crippen LogP contribution in [-0.4, -0.2) is 21.0 Å². The molecule has 0 amide bonds. The molecule has 1 atom stereocenters. The molecule has 0 aliphatic carbocycles. The number of hydrogen-bond donors (Lipinski definition) is 2. The van der Waals surface area contributed by atoms with E-state index >= 15 is 0 Å². The molecule has 124 valence electrons. The number of nitrogens with zero attached hydrogens (tertiary/aromatic N) is 2. The Morgan fingerprint density at radius 1 is 1.20 bits per heavy atom. The van der Waals surface area contributed by atoms with Gasteiger partial charge in [-0.25, -0.2) is 4.98 Å². The molecule has 1 unspecified atom stereocenters. The quantitative estimate of drug-likeness (QED) is 0.431. The molecule has 0 spiro atoms. The van der Waals surface area contributed by atoms with Crippen LogP contribution >= 0.6 is 0 Å². The van der Waals surface area contributed by atoms with Crippen molar-refractivity contribution in [1.29, 1.82) is 5.26 Å². The van der Waals surface area contributed by atoms with Crippen molar-refractivity contribution in [2.24, 2.45) is 0 Å². The highest BCUT2D eigenvalue weighted by Gasteiger charge is 2.25. The van der Waals surface area contributed by atoms with Gasteiger partial charge in [0.15, 0.2) is 17.7 Å². The molecular formula is C19H15N3O3. The Kier molecular flexibility index (Phi) is 4.48. The zero-order chi connectivity index (χ0) is 17.8. The first-order chi connectivity index (χ1) is 12.1. The van der Waals surface area contributed by atoms with E-state index in [0.29, 0.717) is 11.1 Å². The van der Waals surface area contributed by atoms with Gasteiger partial charge < -0.3 is 14.8 Å². The van der Waals surface area contributed by atoms with E-state index in [0.717, 1.165) is 5.52 Å². The molecule has 3 rings (SSSR count). The number of para-hydroxylation sites is 2. The van der Waals surface area contributed by atoms with Gasteiger partial charge in [-0.15, -0.1) is 0 Å². The maximum atomic E-state index is 11.5. The van der Waals surface area contributed by atoms with Crippen LogP contribution < -0.4 is 0 Å². The monoisotopic (exact) mass is 333 g/mol. The number of ether oxygens (including phenoxy) is 1. The van der Waals surface area contributed by atoms with Crippen LogP contribution in [0.5, 0.6) is 0 Å². The molecule has 0 aliphatic rings. The molecule has 0 saturated carbocycles. The Bertz CT molecular complexity index is 951. The number of aliphatic hydroxyl groups is 1. The summed E-state index contributed by atoms with van der Waals surface area (Å²) in [7, 11) is 0. The number of nitrogens with one attached hydrogen (secondary N) is 1. The van der Waals surface area contributed by atoms with Crippen molar-refractivity contribution >= 4 is 22.6 Å². The van der Waals surface area contributed by atoms with Crippen LogP contribution in [-0.2, 0) is 9.53 Å². The van der Waals surface area contributed by atoms with E-state index in [-0.39, 0.29) is 17.2 Å². The fourth-order valence-electron chi connectivity index (χ4n) is 2.51. The topological polar surface area (TPSA) is 99.0 Å². The summed E-state index contributed by atoms with van der Waals surface area (Å²) in [5.41, 5.74) is 1.88. The van der Waals surface area contributed by atoms with E-state index < -0.39 is 12.1 Å². The van der Waals surface area contributed by atoms with Gasteiger partial charge in [-0.1, -0.05) is 42.5 Å². The fraction of sp³-hybridized carbons (Fsp3) is 0.105. The highest BCUT2D eigenvalue weighted by molar-refractivity contribution is 5.83. The molecule has 25 heavy (non-hydrogen) atoms. The Balaban J connectivity index is 2.12. The second-order valence-corrected chi connectivity index (χ2v) is 5.37. The van der Waals surface area contributed by atoms with Gasteiger partial charge in [0.05, 0.1) is 11.0 Å². The van der Waals surface area contributed by atoms with Crippen molar-refractivity contribution in [3.05, 3.63) is 71.7 Å². The third-order valence-corrected chi connectivity index (χ3v) is 3.63. The maximum absolute atomic E-state index is 11.5. The second kappa shape index (κ2) is 6.89. The minimum Gasteiger partial charge on any atom is -0.507 e. The minimum absolute atomic E-state index is 0.0775. The summed E-state index contributed by atoms with van der Waals surface area (Å²) < 4.78 is 5.24. The second-order valence-electron chi connectivity index (χ2n) is 5.37. The number of imidazole rings is 1. The molecule has 0 aliphatic heterocycles. The SMILES string of the molecule is CC(=O)OC(C(O)=C(C#N)c1nc2ccccc2[nH]1)c1ccccc1. The number of H-pyrrole nitrogens is 1.